The minimum Gasteiger partial charge on any atom is -0.469 e. The molecule has 0 radical (unpaired) electrons. The molecule has 144 valence electrons. The number of unbranched alkanes of at least 4 members (excludes halogenated alkanes) is 4. The third-order valence-electron chi connectivity index (χ3n) is 3.67. The average molecular weight is 373 g/mol. The molecule has 24 heavy (non-hydrogen) atoms. The molecule has 8 heteroatoms. The second-order valence-electron chi connectivity index (χ2n) is 6.85. The number of esters is 1. The van der Waals surface area contributed by atoms with Crippen molar-refractivity contribution in [1.29, 1.82) is 0 Å². The van der Waals surface area contributed by atoms with Gasteiger partial charge in [-0.05, 0) is 27.2 Å². The van der Waals surface area contributed by atoms with Crippen LogP contribution >= 0.6 is 0 Å². The van der Waals surface area contributed by atoms with Crippen molar-refractivity contribution in [1.82, 2.24) is 4.72 Å². The van der Waals surface area contributed by atoms with Gasteiger partial charge in [-0.15, -0.1) is 0 Å². The normalized spacial score (nSPS) is 16.5. The monoisotopic (exact) mass is 373 g/mol. The van der Waals surface area contributed by atoms with E-state index >= 15 is 0 Å². The van der Waals surface area contributed by atoms with Crippen molar-refractivity contribution in [2.45, 2.75) is 83.2 Å². The second-order valence-corrected chi connectivity index (χ2v) is 8.85. The van der Waals surface area contributed by atoms with Crippen molar-refractivity contribution in [3.63, 3.8) is 0 Å². The Morgan fingerprint density at radius 2 is 1.67 bits per heavy atom. The van der Waals surface area contributed by atoms with E-state index in [9.17, 15) is 22.2 Å². The standard InChI is InChI=1S/C16H30F3NO3S/c1-6-7-8-9-10-11-12(14(21)23-5)13(16(17,18)19)20-24(22)15(2,3)4/h12-13,20H,6-11H2,1-5H3/t12-,13-,24-/m1/s1. The third kappa shape index (κ3) is 8.46. The lowest BCUT2D eigenvalue weighted by Gasteiger charge is -2.30. The summed E-state index contributed by atoms with van der Waals surface area (Å²) in [6.45, 7) is 6.76. The van der Waals surface area contributed by atoms with Crippen LogP contribution in [-0.2, 0) is 20.5 Å². The van der Waals surface area contributed by atoms with Crippen LogP contribution in [-0.4, -0.2) is 34.3 Å². The molecule has 0 heterocycles. The zero-order valence-corrected chi connectivity index (χ0v) is 16.0. The van der Waals surface area contributed by atoms with E-state index in [-0.39, 0.29) is 6.42 Å². The maximum Gasteiger partial charge on any atom is 0.405 e. The number of alkyl halides is 3. The molecule has 0 aromatic heterocycles. The van der Waals surface area contributed by atoms with Crippen LogP contribution in [0.4, 0.5) is 13.2 Å². The molecule has 0 aromatic carbocycles. The maximum absolute atomic E-state index is 13.4. The Morgan fingerprint density at radius 3 is 2.08 bits per heavy atom. The number of hydrogen-bond donors (Lipinski definition) is 1. The van der Waals surface area contributed by atoms with E-state index in [0.717, 1.165) is 32.8 Å². The molecule has 3 atom stereocenters. The molecule has 0 bridgehead atoms. The van der Waals surface area contributed by atoms with Gasteiger partial charge >= 0.3 is 12.1 Å². The number of carbonyl (C=O) groups excluding carboxylic acids is 1. The summed E-state index contributed by atoms with van der Waals surface area (Å²) >= 11 is 0. The van der Waals surface area contributed by atoms with Crippen molar-refractivity contribution in [3.8, 4) is 0 Å². The fourth-order valence-electron chi connectivity index (χ4n) is 2.21. The van der Waals surface area contributed by atoms with Crippen molar-refractivity contribution >= 4 is 17.0 Å². The van der Waals surface area contributed by atoms with Gasteiger partial charge in [-0.1, -0.05) is 39.0 Å². The summed E-state index contributed by atoms with van der Waals surface area (Å²) in [5.41, 5.74) is 0. The molecule has 0 rings (SSSR count). The highest BCUT2D eigenvalue weighted by Gasteiger charge is 2.49. The Hall–Kier alpha value is -0.630. The van der Waals surface area contributed by atoms with Gasteiger partial charge in [0.25, 0.3) is 0 Å². The number of hydrogen-bond acceptors (Lipinski definition) is 3. The largest absolute Gasteiger partial charge is 0.469 e. The van der Waals surface area contributed by atoms with Gasteiger partial charge in [-0.2, -0.15) is 13.2 Å². The highest BCUT2D eigenvalue weighted by molar-refractivity contribution is 7.84. The molecule has 0 amide bonds. The summed E-state index contributed by atoms with van der Waals surface area (Å²) in [5.74, 6) is -2.32. The first-order valence-electron chi connectivity index (χ1n) is 8.27. The fraction of sp³-hybridized carbons (Fsp3) is 0.938. The van der Waals surface area contributed by atoms with Crippen molar-refractivity contribution in [2.24, 2.45) is 5.92 Å². The molecule has 0 saturated carbocycles. The quantitative estimate of drug-likeness (QED) is 0.463. The van der Waals surface area contributed by atoms with Crippen LogP contribution in [0.15, 0.2) is 0 Å². The van der Waals surface area contributed by atoms with Crippen LogP contribution in [0, 0.1) is 5.92 Å². The molecule has 0 fully saturated rings. The molecule has 0 saturated heterocycles. The summed E-state index contributed by atoms with van der Waals surface area (Å²) in [6.07, 6.45) is -0.430. The highest BCUT2D eigenvalue weighted by Crippen LogP contribution is 2.31. The number of ether oxygens (including phenoxy) is 1. The average Bonchev–Trinajstić information content (AvgIpc) is 2.46. The van der Waals surface area contributed by atoms with Gasteiger partial charge in [0.2, 0.25) is 0 Å². The molecule has 4 nitrogen and oxygen atoms in total. The molecular weight excluding hydrogens is 343 g/mol. The molecule has 1 N–H and O–H groups in total. The van der Waals surface area contributed by atoms with Crippen LogP contribution in [0.1, 0.15) is 66.2 Å². The van der Waals surface area contributed by atoms with E-state index in [2.05, 4.69) is 9.46 Å². The van der Waals surface area contributed by atoms with Crippen LogP contribution in [0.25, 0.3) is 0 Å². The Labute approximate surface area is 145 Å². The van der Waals surface area contributed by atoms with E-state index in [1.165, 1.54) is 0 Å². The minimum atomic E-state index is -4.69. The van der Waals surface area contributed by atoms with Gasteiger partial charge < -0.3 is 4.74 Å². The summed E-state index contributed by atoms with van der Waals surface area (Å²) in [7, 11) is -0.871. The van der Waals surface area contributed by atoms with Crippen molar-refractivity contribution in [2.75, 3.05) is 7.11 Å². The summed E-state index contributed by atoms with van der Waals surface area (Å²) in [6, 6.07) is -2.18. The second kappa shape index (κ2) is 10.4. The first-order chi connectivity index (χ1) is 10.9. The highest BCUT2D eigenvalue weighted by atomic mass is 32.2. The number of halogens is 3. The Kier molecular flexibility index (Phi) is 10.1. The Morgan fingerprint density at radius 1 is 1.12 bits per heavy atom. The number of nitrogens with one attached hydrogen (secondary N) is 1. The van der Waals surface area contributed by atoms with Crippen LogP contribution in [0.2, 0.25) is 0 Å². The lowest BCUT2D eigenvalue weighted by atomic mass is 9.93. The summed E-state index contributed by atoms with van der Waals surface area (Å²) < 4.78 is 58.2. The summed E-state index contributed by atoms with van der Waals surface area (Å²) in [4.78, 5) is 11.9. The van der Waals surface area contributed by atoms with Crippen LogP contribution in [0.3, 0.4) is 0 Å². The van der Waals surface area contributed by atoms with Gasteiger partial charge in [0.05, 0.1) is 28.8 Å². The zero-order valence-electron chi connectivity index (χ0n) is 15.2. The van der Waals surface area contributed by atoms with E-state index < -0.39 is 39.8 Å². The van der Waals surface area contributed by atoms with E-state index in [4.69, 9.17) is 0 Å². The van der Waals surface area contributed by atoms with Gasteiger partial charge in [-0.3, -0.25) is 4.79 Å². The van der Waals surface area contributed by atoms with Crippen molar-refractivity contribution in [3.05, 3.63) is 0 Å². The molecule has 0 aliphatic heterocycles. The molecule has 0 aliphatic rings. The van der Waals surface area contributed by atoms with Gasteiger partial charge in [0.15, 0.2) is 0 Å². The van der Waals surface area contributed by atoms with Gasteiger partial charge in [0, 0.05) is 0 Å². The molecule has 0 spiro atoms. The SMILES string of the molecule is CCCCCCC[C@@H](C(=O)OC)[C@@H](N[S@](=O)C(C)(C)C)C(F)(F)F. The number of carbonyl (C=O) groups is 1. The lowest BCUT2D eigenvalue weighted by molar-refractivity contribution is -0.178. The first kappa shape index (κ1) is 23.4. The molecule has 0 unspecified atom stereocenters. The smallest absolute Gasteiger partial charge is 0.405 e. The van der Waals surface area contributed by atoms with Crippen molar-refractivity contribution < 1.29 is 26.9 Å². The third-order valence-corrected chi connectivity index (χ3v) is 5.25. The molecule has 0 aliphatic carbocycles. The van der Waals surface area contributed by atoms with Gasteiger partial charge in [0.1, 0.15) is 6.04 Å². The number of rotatable bonds is 10. The first-order valence-corrected chi connectivity index (χ1v) is 9.42. The fourth-order valence-corrected chi connectivity index (χ4v) is 3.09. The van der Waals surface area contributed by atoms with E-state index in [1.54, 1.807) is 20.8 Å². The minimum absolute atomic E-state index is 0.0505. The lowest BCUT2D eigenvalue weighted by Crippen LogP contribution is -2.53. The van der Waals surface area contributed by atoms with Gasteiger partial charge in [-0.25, -0.2) is 8.93 Å². The molecule has 0 aromatic rings. The Balaban J connectivity index is 5.15. The predicted molar refractivity (Wildman–Crippen MR) is 89.8 cm³/mol. The number of methoxy groups -OCH3 is 1. The van der Waals surface area contributed by atoms with Crippen LogP contribution in [0.5, 0.6) is 0 Å². The molecular formula is C16H30F3NO3S. The zero-order chi connectivity index (χ0) is 19.0. The summed E-state index contributed by atoms with van der Waals surface area (Å²) in [5, 5.41) is 0. The predicted octanol–water partition coefficient (Wildman–Crippen LogP) is 4.12. The Bertz CT molecular complexity index is 408. The van der Waals surface area contributed by atoms with E-state index in [1.807, 2.05) is 6.92 Å². The maximum atomic E-state index is 13.4. The van der Waals surface area contributed by atoms with Crippen LogP contribution < -0.4 is 4.72 Å². The van der Waals surface area contributed by atoms with E-state index in [0.29, 0.717) is 6.42 Å². The topological polar surface area (TPSA) is 55.4 Å².